The van der Waals surface area contributed by atoms with E-state index in [0.717, 1.165) is 29.1 Å². The van der Waals surface area contributed by atoms with Crippen LogP contribution in [0.2, 0.25) is 0 Å². The molecule has 11 nitrogen and oxygen atoms in total. The number of thiophene rings is 1. The van der Waals surface area contributed by atoms with Gasteiger partial charge in [-0.3, -0.25) is 9.59 Å². The van der Waals surface area contributed by atoms with Crippen LogP contribution >= 0.6 is 11.3 Å². The molecule has 2 aromatic rings. The Hall–Kier alpha value is -3.40. The van der Waals surface area contributed by atoms with E-state index in [-0.39, 0.29) is 12.1 Å². The summed E-state index contributed by atoms with van der Waals surface area (Å²) in [4.78, 5) is 37.9. The number of primary amides is 1. The monoisotopic (exact) mass is 546 g/mol. The number of alkyl halides is 3. The number of nitrogens with two attached hydrogens (primary N) is 1. The Labute approximate surface area is 212 Å². The maximum Gasteiger partial charge on any atom is 0.573 e. The second-order valence-corrected chi connectivity index (χ2v) is 9.52. The van der Waals surface area contributed by atoms with Crippen LogP contribution in [-0.4, -0.2) is 69.4 Å². The first kappa shape index (κ1) is 28.2. The zero-order valence-corrected chi connectivity index (χ0v) is 19.9. The number of urea groups is 1. The van der Waals surface area contributed by atoms with Gasteiger partial charge in [-0.25, -0.2) is 4.79 Å². The summed E-state index contributed by atoms with van der Waals surface area (Å²) in [6.45, 7) is 0. The summed E-state index contributed by atoms with van der Waals surface area (Å²) in [6.07, 6.45) is -9.07. The summed E-state index contributed by atoms with van der Waals surface area (Å²) < 4.78 is 40.6. The van der Waals surface area contributed by atoms with Crippen molar-refractivity contribution >= 4 is 34.9 Å². The van der Waals surface area contributed by atoms with Gasteiger partial charge in [0.05, 0.1) is 12.1 Å². The number of nitrogens with one attached hydrogen (secondary N) is 3. The van der Waals surface area contributed by atoms with Gasteiger partial charge >= 0.3 is 12.4 Å². The van der Waals surface area contributed by atoms with E-state index in [1.54, 1.807) is 17.5 Å². The molecule has 1 aliphatic carbocycles. The lowest BCUT2D eigenvalue weighted by Gasteiger charge is -2.41. The molecule has 5 atom stereocenters. The molecule has 1 fully saturated rings. The van der Waals surface area contributed by atoms with Crippen LogP contribution in [-0.2, 0) is 16.0 Å². The highest BCUT2D eigenvalue weighted by molar-refractivity contribution is 7.09. The van der Waals surface area contributed by atoms with Gasteiger partial charge in [-0.15, -0.1) is 24.5 Å². The van der Waals surface area contributed by atoms with Gasteiger partial charge in [0.25, 0.3) is 5.91 Å². The molecule has 15 heteroatoms. The summed E-state index contributed by atoms with van der Waals surface area (Å²) in [7, 11) is 0. The van der Waals surface area contributed by atoms with E-state index in [9.17, 15) is 42.9 Å². The van der Waals surface area contributed by atoms with E-state index in [4.69, 9.17) is 5.73 Å². The Morgan fingerprint density at radius 3 is 2.41 bits per heavy atom. The largest absolute Gasteiger partial charge is 0.573 e. The molecule has 1 heterocycles. The molecule has 1 aromatic heterocycles. The number of aliphatic hydroxyl groups excluding tert-OH is 2. The number of anilines is 1. The van der Waals surface area contributed by atoms with Crippen molar-refractivity contribution in [3.8, 4) is 5.75 Å². The minimum Gasteiger partial charge on any atom is -0.406 e. The van der Waals surface area contributed by atoms with E-state index >= 15 is 0 Å². The van der Waals surface area contributed by atoms with Crippen LogP contribution in [0.3, 0.4) is 0 Å². The van der Waals surface area contributed by atoms with E-state index in [1.807, 2.05) is 0 Å². The van der Waals surface area contributed by atoms with Crippen LogP contribution in [0.4, 0.5) is 23.7 Å². The Morgan fingerprint density at radius 1 is 1.16 bits per heavy atom. The average molecular weight is 547 g/mol. The van der Waals surface area contributed by atoms with Crippen LogP contribution in [0.25, 0.3) is 0 Å². The second kappa shape index (κ2) is 11.3. The van der Waals surface area contributed by atoms with E-state index < -0.39 is 72.7 Å². The number of amides is 4. The highest BCUT2D eigenvalue weighted by Gasteiger charge is 2.49. The molecule has 202 valence electrons. The van der Waals surface area contributed by atoms with Crippen molar-refractivity contribution in [2.45, 2.75) is 55.5 Å². The Bertz CT molecular complexity index is 1100. The lowest BCUT2D eigenvalue weighted by molar-refractivity contribution is -0.274. The number of carbonyl (C=O) groups is 3. The molecule has 0 aliphatic heterocycles. The van der Waals surface area contributed by atoms with Crippen molar-refractivity contribution in [3.05, 3.63) is 46.7 Å². The second-order valence-electron chi connectivity index (χ2n) is 8.49. The normalized spacial score (nSPS) is 24.5. The van der Waals surface area contributed by atoms with Crippen molar-refractivity contribution in [1.82, 2.24) is 10.6 Å². The van der Waals surface area contributed by atoms with E-state index in [1.165, 1.54) is 11.3 Å². The zero-order valence-electron chi connectivity index (χ0n) is 19.1. The number of rotatable bonds is 8. The van der Waals surface area contributed by atoms with Gasteiger partial charge in [-0.2, -0.15) is 0 Å². The Morgan fingerprint density at radius 2 is 1.84 bits per heavy atom. The lowest BCUT2D eigenvalue weighted by atomic mass is 9.77. The molecular weight excluding hydrogens is 521 g/mol. The van der Waals surface area contributed by atoms with Crippen LogP contribution in [0.1, 0.15) is 17.7 Å². The highest BCUT2D eigenvalue weighted by atomic mass is 32.1. The van der Waals surface area contributed by atoms with E-state index in [2.05, 4.69) is 20.7 Å². The standard InChI is InChI=1S/C22H25F3N4O7S/c23-22(24,25)36-12-5-3-11(4-6-12)27-20(34)29-15-9-21(35,10-16(30)17(15)31)19(33)28-14(18(26)32)8-13-2-1-7-37-13/h1-7,14-17,30-31,35H,8-10H2,(H2,26,32)(H,28,33)(H2,27,29,34). The van der Waals surface area contributed by atoms with Crippen molar-refractivity contribution in [2.24, 2.45) is 5.73 Å². The van der Waals surface area contributed by atoms with Gasteiger partial charge in [0.2, 0.25) is 5.91 Å². The molecule has 0 radical (unpaired) electrons. The third-order valence-electron chi connectivity index (χ3n) is 5.63. The minimum atomic E-state index is -4.88. The molecule has 37 heavy (non-hydrogen) atoms. The van der Waals surface area contributed by atoms with Gasteiger partial charge in [0, 0.05) is 29.8 Å². The van der Waals surface area contributed by atoms with Crippen molar-refractivity contribution in [1.29, 1.82) is 0 Å². The number of aliphatic hydroxyl groups is 3. The Balaban J connectivity index is 1.63. The maximum atomic E-state index is 12.9. The first-order valence-electron chi connectivity index (χ1n) is 10.9. The van der Waals surface area contributed by atoms with Gasteiger partial charge in [0.15, 0.2) is 0 Å². The molecular formula is C22H25F3N4O7S. The van der Waals surface area contributed by atoms with Crippen LogP contribution in [0.15, 0.2) is 41.8 Å². The number of ether oxygens (including phenoxy) is 1. The summed E-state index contributed by atoms with van der Waals surface area (Å²) in [5, 5.41) is 40.3. The molecule has 8 N–H and O–H groups in total. The Kier molecular flexibility index (Phi) is 8.63. The SMILES string of the molecule is NC(=O)C(Cc1cccs1)NC(=O)C1(O)CC(O)C(O)C(NC(=O)Nc2ccc(OC(F)(F)F)cc2)C1. The van der Waals surface area contributed by atoms with E-state index in [0.29, 0.717) is 0 Å². The highest BCUT2D eigenvalue weighted by Crippen LogP contribution is 2.30. The summed E-state index contributed by atoms with van der Waals surface area (Å²) in [6, 6.07) is 4.29. The third kappa shape index (κ3) is 7.79. The molecule has 0 saturated heterocycles. The van der Waals surface area contributed by atoms with Crippen LogP contribution in [0, 0.1) is 0 Å². The number of hydrogen-bond acceptors (Lipinski definition) is 8. The minimum absolute atomic E-state index is 0.0729. The van der Waals surface area contributed by atoms with Crippen molar-refractivity contribution in [3.63, 3.8) is 0 Å². The first-order valence-corrected chi connectivity index (χ1v) is 11.8. The molecule has 1 saturated carbocycles. The molecule has 5 unspecified atom stereocenters. The molecule has 4 amide bonds. The zero-order chi connectivity index (χ0) is 27.4. The summed E-state index contributed by atoms with van der Waals surface area (Å²) in [5.74, 6) is -2.37. The van der Waals surface area contributed by atoms with Gasteiger partial charge < -0.3 is 41.7 Å². The molecule has 1 aromatic carbocycles. The molecule has 1 aliphatic rings. The maximum absolute atomic E-state index is 12.9. The fourth-order valence-corrected chi connectivity index (χ4v) is 4.60. The quantitative estimate of drug-likeness (QED) is 0.253. The number of benzene rings is 1. The van der Waals surface area contributed by atoms with Crippen molar-refractivity contribution in [2.75, 3.05) is 5.32 Å². The number of hydrogen-bond donors (Lipinski definition) is 7. The fraction of sp³-hybridized carbons (Fsp3) is 0.409. The fourth-order valence-electron chi connectivity index (χ4n) is 3.85. The van der Waals surface area contributed by atoms with Crippen LogP contribution in [0.5, 0.6) is 5.75 Å². The van der Waals surface area contributed by atoms with Crippen molar-refractivity contribution < 1.29 is 47.6 Å². The smallest absolute Gasteiger partial charge is 0.406 e. The molecule has 3 rings (SSSR count). The van der Waals surface area contributed by atoms with Gasteiger partial charge in [0.1, 0.15) is 23.5 Å². The topological polar surface area (TPSA) is 183 Å². The summed E-state index contributed by atoms with van der Waals surface area (Å²) in [5.41, 5.74) is 3.19. The lowest BCUT2D eigenvalue weighted by Crippen LogP contribution is -2.64. The number of carbonyl (C=O) groups excluding carboxylic acids is 3. The summed E-state index contributed by atoms with van der Waals surface area (Å²) >= 11 is 1.34. The first-order chi connectivity index (χ1) is 17.3. The number of halogens is 3. The predicted octanol–water partition coefficient (Wildman–Crippen LogP) is 0.596. The predicted molar refractivity (Wildman–Crippen MR) is 124 cm³/mol. The van der Waals surface area contributed by atoms with Gasteiger partial charge in [-0.1, -0.05) is 6.07 Å². The van der Waals surface area contributed by atoms with Gasteiger partial charge in [-0.05, 0) is 35.7 Å². The molecule has 0 bridgehead atoms. The third-order valence-corrected chi connectivity index (χ3v) is 6.53. The average Bonchev–Trinajstić information content (AvgIpc) is 3.30. The van der Waals surface area contributed by atoms with Crippen LogP contribution < -0.4 is 26.4 Å². The molecule has 0 spiro atoms.